The Labute approximate surface area is 99.1 Å². The van der Waals surface area contributed by atoms with Gasteiger partial charge in [-0.05, 0) is 25.0 Å². The number of rotatable bonds is 3. The predicted octanol–water partition coefficient (Wildman–Crippen LogP) is 1.93. The molecule has 0 fully saturated rings. The summed E-state index contributed by atoms with van der Waals surface area (Å²) in [6, 6.07) is 3.55. The van der Waals surface area contributed by atoms with Crippen molar-refractivity contribution in [3.8, 4) is 0 Å². The molecule has 90 valence electrons. The number of aryl methyl sites for hydroxylation is 1. The van der Waals surface area contributed by atoms with Gasteiger partial charge >= 0.3 is 5.97 Å². The van der Waals surface area contributed by atoms with Gasteiger partial charge in [0.15, 0.2) is 5.69 Å². The van der Waals surface area contributed by atoms with E-state index in [0.717, 1.165) is 5.69 Å². The van der Waals surface area contributed by atoms with Crippen LogP contribution in [0.3, 0.4) is 0 Å². The van der Waals surface area contributed by atoms with Crippen LogP contribution in [0.1, 0.15) is 35.9 Å². The summed E-state index contributed by atoms with van der Waals surface area (Å²) in [7, 11) is 0. The van der Waals surface area contributed by atoms with E-state index in [1.807, 2.05) is 6.92 Å². The molecule has 2 aromatic rings. The van der Waals surface area contributed by atoms with E-state index in [1.165, 1.54) is 0 Å². The van der Waals surface area contributed by atoms with Gasteiger partial charge in [-0.3, -0.25) is 0 Å². The van der Waals surface area contributed by atoms with Crippen molar-refractivity contribution in [3.05, 3.63) is 29.3 Å². The van der Waals surface area contributed by atoms with E-state index < -0.39 is 5.97 Å². The molecule has 0 saturated heterocycles. The third kappa shape index (κ3) is 2.13. The van der Waals surface area contributed by atoms with Crippen molar-refractivity contribution in [1.82, 2.24) is 14.6 Å². The first kappa shape index (κ1) is 11.6. The highest BCUT2D eigenvalue weighted by Gasteiger charge is 2.17. The van der Waals surface area contributed by atoms with Crippen LogP contribution in [0.4, 0.5) is 0 Å². The summed E-state index contributed by atoms with van der Waals surface area (Å²) < 4.78 is 1.64. The highest BCUT2D eigenvalue weighted by molar-refractivity contribution is 5.93. The Kier molecular flexibility index (Phi) is 2.83. The molecule has 5 heteroatoms. The minimum Gasteiger partial charge on any atom is -0.476 e. The molecule has 0 aliphatic heterocycles. The van der Waals surface area contributed by atoms with E-state index in [-0.39, 0.29) is 5.69 Å². The average Bonchev–Trinajstić information content (AvgIpc) is 2.56. The van der Waals surface area contributed by atoms with Crippen LogP contribution in [0.5, 0.6) is 0 Å². The van der Waals surface area contributed by atoms with Crippen LogP contribution < -0.4 is 0 Å². The van der Waals surface area contributed by atoms with Crippen LogP contribution in [0.15, 0.2) is 12.1 Å². The van der Waals surface area contributed by atoms with Gasteiger partial charge in [-0.1, -0.05) is 13.8 Å². The van der Waals surface area contributed by atoms with Crippen LogP contribution in [0.2, 0.25) is 0 Å². The molecule has 5 nitrogen and oxygen atoms in total. The van der Waals surface area contributed by atoms with Crippen molar-refractivity contribution in [2.24, 2.45) is 5.92 Å². The number of aromatic nitrogens is 3. The number of aromatic carboxylic acids is 1. The summed E-state index contributed by atoms with van der Waals surface area (Å²) in [4.78, 5) is 15.3. The standard InChI is InChI=1S/C12H15N3O2/c1-7(2)6-10-13-11(12(16)17)9-5-4-8(3)14-15(9)10/h4-5,7H,6H2,1-3H3,(H,16,17). The van der Waals surface area contributed by atoms with Crippen LogP contribution in [-0.4, -0.2) is 25.7 Å². The van der Waals surface area contributed by atoms with Gasteiger partial charge in [0.2, 0.25) is 0 Å². The molecule has 0 amide bonds. The zero-order chi connectivity index (χ0) is 12.6. The second-order valence-electron chi connectivity index (χ2n) is 4.55. The van der Waals surface area contributed by atoms with Gasteiger partial charge in [0.25, 0.3) is 0 Å². The first-order chi connectivity index (χ1) is 7.99. The van der Waals surface area contributed by atoms with Crippen molar-refractivity contribution < 1.29 is 9.90 Å². The third-order valence-corrected chi connectivity index (χ3v) is 2.49. The maximum absolute atomic E-state index is 11.1. The summed E-state index contributed by atoms with van der Waals surface area (Å²) in [5.74, 6) is 0.101. The number of fused-ring (bicyclic) bond motifs is 1. The highest BCUT2D eigenvalue weighted by Crippen LogP contribution is 2.15. The summed E-state index contributed by atoms with van der Waals surface area (Å²) in [5, 5.41) is 13.4. The van der Waals surface area contributed by atoms with E-state index in [0.29, 0.717) is 23.7 Å². The number of nitrogens with zero attached hydrogens (tertiary/aromatic N) is 3. The van der Waals surface area contributed by atoms with Gasteiger partial charge in [0.05, 0.1) is 11.2 Å². The van der Waals surface area contributed by atoms with Gasteiger partial charge in [-0.25, -0.2) is 14.3 Å². The lowest BCUT2D eigenvalue weighted by atomic mass is 10.1. The molecule has 0 saturated carbocycles. The second kappa shape index (κ2) is 4.16. The van der Waals surface area contributed by atoms with Crippen molar-refractivity contribution in [3.63, 3.8) is 0 Å². The van der Waals surface area contributed by atoms with E-state index in [9.17, 15) is 4.79 Å². The Hall–Kier alpha value is -1.91. The lowest BCUT2D eigenvalue weighted by Crippen LogP contribution is -2.03. The molecule has 0 radical (unpaired) electrons. The SMILES string of the molecule is Cc1ccc2c(C(=O)O)nc(CC(C)C)n2n1. The largest absolute Gasteiger partial charge is 0.476 e. The molecule has 1 N–H and O–H groups in total. The van der Waals surface area contributed by atoms with Gasteiger partial charge in [-0.2, -0.15) is 5.10 Å². The number of carboxylic acid groups (broad SMARTS) is 1. The zero-order valence-corrected chi connectivity index (χ0v) is 10.1. The molecule has 2 heterocycles. The van der Waals surface area contributed by atoms with E-state index in [4.69, 9.17) is 5.11 Å². The van der Waals surface area contributed by atoms with E-state index in [2.05, 4.69) is 23.9 Å². The Morgan fingerprint density at radius 1 is 1.47 bits per heavy atom. The number of imidazole rings is 1. The van der Waals surface area contributed by atoms with E-state index >= 15 is 0 Å². The average molecular weight is 233 g/mol. The number of carboxylic acids is 1. The minimum atomic E-state index is -1.01. The minimum absolute atomic E-state index is 0.0770. The molecule has 0 spiro atoms. The number of hydrogen-bond donors (Lipinski definition) is 1. The molecular weight excluding hydrogens is 218 g/mol. The fourth-order valence-corrected chi connectivity index (χ4v) is 1.78. The zero-order valence-electron chi connectivity index (χ0n) is 10.1. The third-order valence-electron chi connectivity index (χ3n) is 2.49. The molecule has 2 aromatic heterocycles. The summed E-state index contributed by atoms with van der Waals surface area (Å²) in [5.41, 5.74) is 1.48. The molecule has 2 rings (SSSR count). The predicted molar refractivity (Wildman–Crippen MR) is 63.2 cm³/mol. The van der Waals surface area contributed by atoms with Crippen molar-refractivity contribution in [1.29, 1.82) is 0 Å². The second-order valence-corrected chi connectivity index (χ2v) is 4.55. The molecule has 0 atom stereocenters. The first-order valence-corrected chi connectivity index (χ1v) is 5.57. The van der Waals surface area contributed by atoms with Gasteiger partial charge < -0.3 is 5.11 Å². The normalized spacial score (nSPS) is 11.3. The van der Waals surface area contributed by atoms with Crippen LogP contribution in [0, 0.1) is 12.8 Å². The fraction of sp³-hybridized carbons (Fsp3) is 0.417. The lowest BCUT2D eigenvalue weighted by molar-refractivity contribution is 0.0693. The maximum atomic E-state index is 11.1. The van der Waals surface area contributed by atoms with Crippen molar-refractivity contribution >= 4 is 11.5 Å². The summed E-state index contributed by atoms with van der Waals surface area (Å²) in [6.07, 6.45) is 0.713. The van der Waals surface area contributed by atoms with Crippen LogP contribution in [-0.2, 0) is 6.42 Å². The van der Waals surface area contributed by atoms with E-state index in [1.54, 1.807) is 16.6 Å². The number of carbonyl (C=O) groups is 1. The smallest absolute Gasteiger partial charge is 0.356 e. The molecule has 0 aromatic carbocycles. The van der Waals surface area contributed by atoms with Crippen molar-refractivity contribution in [2.75, 3.05) is 0 Å². The van der Waals surface area contributed by atoms with Gasteiger partial charge in [0, 0.05) is 6.42 Å². The Morgan fingerprint density at radius 3 is 2.76 bits per heavy atom. The Bertz CT molecular complexity index is 572. The Balaban J connectivity index is 2.66. The summed E-state index contributed by atoms with van der Waals surface area (Å²) >= 11 is 0. The summed E-state index contributed by atoms with van der Waals surface area (Å²) in [6.45, 7) is 6.01. The topological polar surface area (TPSA) is 67.5 Å². The fourth-order valence-electron chi connectivity index (χ4n) is 1.78. The molecule has 0 aliphatic rings. The molecule has 0 unspecified atom stereocenters. The van der Waals surface area contributed by atoms with Crippen molar-refractivity contribution in [2.45, 2.75) is 27.2 Å². The van der Waals surface area contributed by atoms with Crippen LogP contribution >= 0.6 is 0 Å². The maximum Gasteiger partial charge on any atom is 0.356 e. The number of hydrogen-bond acceptors (Lipinski definition) is 3. The monoisotopic (exact) mass is 233 g/mol. The first-order valence-electron chi connectivity index (χ1n) is 5.57. The Morgan fingerprint density at radius 2 is 2.18 bits per heavy atom. The van der Waals surface area contributed by atoms with Crippen LogP contribution in [0.25, 0.3) is 5.52 Å². The molecule has 0 bridgehead atoms. The molecular formula is C12H15N3O2. The highest BCUT2D eigenvalue weighted by atomic mass is 16.4. The molecule has 17 heavy (non-hydrogen) atoms. The van der Waals surface area contributed by atoms with Gasteiger partial charge in [-0.15, -0.1) is 0 Å². The quantitative estimate of drug-likeness (QED) is 0.879. The lowest BCUT2D eigenvalue weighted by Gasteiger charge is -2.03. The van der Waals surface area contributed by atoms with Gasteiger partial charge in [0.1, 0.15) is 5.82 Å². The molecule has 0 aliphatic carbocycles.